The molecule has 0 bridgehead atoms. The van der Waals surface area contributed by atoms with Crippen LogP contribution in [-0.2, 0) is 4.74 Å². The zero-order valence-electron chi connectivity index (χ0n) is 11.2. The van der Waals surface area contributed by atoms with Crippen molar-refractivity contribution < 1.29 is 4.74 Å². The quantitative estimate of drug-likeness (QED) is 0.707. The first kappa shape index (κ1) is 14.2. The number of halogens is 2. The number of hydrogen-bond acceptors (Lipinski definition) is 1. The molecule has 1 fully saturated rings. The van der Waals surface area contributed by atoms with Crippen LogP contribution in [0.3, 0.4) is 0 Å². The Morgan fingerprint density at radius 2 is 2.00 bits per heavy atom. The molecule has 2 rings (SSSR count). The molecule has 18 heavy (non-hydrogen) atoms. The lowest BCUT2D eigenvalue weighted by Crippen LogP contribution is -2.19. The van der Waals surface area contributed by atoms with E-state index >= 15 is 0 Å². The third kappa shape index (κ3) is 2.68. The molecular formula is C15H20Cl2O. The summed E-state index contributed by atoms with van der Waals surface area (Å²) in [6, 6.07) is 4.14. The third-order valence-electron chi connectivity index (χ3n) is 3.95. The SMILES string of the molecule is CCC1OCCC1C(Cl)c1cc(C)c(C)cc1Cl. The fraction of sp³-hybridized carbons (Fsp3) is 0.600. The molecule has 3 heteroatoms. The van der Waals surface area contributed by atoms with E-state index in [1.54, 1.807) is 0 Å². The molecule has 3 atom stereocenters. The number of rotatable bonds is 3. The van der Waals surface area contributed by atoms with Gasteiger partial charge in [-0.05, 0) is 49.4 Å². The molecule has 1 aliphatic rings. The Hall–Kier alpha value is -0.240. The molecule has 1 heterocycles. The van der Waals surface area contributed by atoms with Crippen molar-refractivity contribution in [1.29, 1.82) is 0 Å². The fourth-order valence-electron chi connectivity index (χ4n) is 2.67. The first-order valence-corrected chi connectivity index (χ1v) is 7.38. The van der Waals surface area contributed by atoms with Gasteiger partial charge in [0.2, 0.25) is 0 Å². The Morgan fingerprint density at radius 3 is 2.67 bits per heavy atom. The van der Waals surface area contributed by atoms with Crippen LogP contribution in [0.4, 0.5) is 0 Å². The number of hydrogen-bond donors (Lipinski definition) is 0. The van der Waals surface area contributed by atoms with Gasteiger partial charge in [-0.15, -0.1) is 11.6 Å². The fourth-order valence-corrected chi connectivity index (χ4v) is 3.53. The van der Waals surface area contributed by atoms with Gasteiger partial charge >= 0.3 is 0 Å². The van der Waals surface area contributed by atoms with Crippen molar-refractivity contribution in [2.45, 2.75) is 45.1 Å². The molecule has 0 spiro atoms. The van der Waals surface area contributed by atoms with Crippen LogP contribution in [0.5, 0.6) is 0 Å². The molecule has 1 nitrogen and oxygen atoms in total. The molecule has 1 saturated heterocycles. The second kappa shape index (κ2) is 5.81. The molecule has 1 aliphatic heterocycles. The average Bonchev–Trinajstić information content (AvgIpc) is 2.81. The number of benzene rings is 1. The van der Waals surface area contributed by atoms with E-state index in [-0.39, 0.29) is 11.5 Å². The number of aryl methyl sites for hydroxylation is 2. The molecule has 0 saturated carbocycles. The summed E-state index contributed by atoms with van der Waals surface area (Å²) >= 11 is 13.0. The van der Waals surface area contributed by atoms with Gasteiger partial charge in [0.05, 0.1) is 11.5 Å². The first-order valence-electron chi connectivity index (χ1n) is 6.57. The minimum absolute atomic E-state index is 0.0516. The topological polar surface area (TPSA) is 9.23 Å². The van der Waals surface area contributed by atoms with Gasteiger partial charge in [0, 0.05) is 17.5 Å². The molecule has 0 aliphatic carbocycles. The van der Waals surface area contributed by atoms with E-state index in [2.05, 4.69) is 26.8 Å². The Kier molecular flexibility index (Phi) is 4.58. The van der Waals surface area contributed by atoms with E-state index in [1.807, 2.05) is 6.07 Å². The summed E-state index contributed by atoms with van der Waals surface area (Å²) in [4.78, 5) is 0. The number of alkyl halides is 1. The summed E-state index contributed by atoms with van der Waals surface area (Å²) in [6.07, 6.45) is 2.30. The lowest BCUT2D eigenvalue weighted by molar-refractivity contribution is 0.0864. The molecule has 3 unspecified atom stereocenters. The minimum atomic E-state index is -0.0516. The van der Waals surface area contributed by atoms with E-state index in [9.17, 15) is 0 Å². The Balaban J connectivity index is 2.28. The molecule has 0 radical (unpaired) electrons. The summed E-state index contributed by atoms with van der Waals surface area (Å²) in [5.41, 5.74) is 3.50. The molecular weight excluding hydrogens is 267 g/mol. The largest absolute Gasteiger partial charge is 0.378 e. The van der Waals surface area contributed by atoms with Crippen molar-refractivity contribution in [2.24, 2.45) is 5.92 Å². The van der Waals surface area contributed by atoms with Crippen LogP contribution in [0.15, 0.2) is 12.1 Å². The Bertz CT molecular complexity index is 431. The predicted molar refractivity (Wildman–Crippen MR) is 77.7 cm³/mol. The van der Waals surface area contributed by atoms with Crippen LogP contribution in [0.25, 0.3) is 0 Å². The summed E-state index contributed by atoms with van der Waals surface area (Å²) in [6.45, 7) is 7.13. The third-order valence-corrected chi connectivity index (χ3v) is 4.84. The average molecular weight is 287 g/mol. The summed E-state index contributed by atoms with van der Waals surface area (Å²) in [7, 11) is 0. The van der Waals surface area contributed by atoms with Crippen molar-refractivity contribution in [3.05, 3.63) is 33.8 Å². The minimum Gasteiger partial charge on any atom is -0.378 e. The van der Waals surface area contributed by atoms with Crippen molar-refractivity contribution in [3.8, 4) is 0 Å². The Morgan fingerprint density at radius 1 is 1.33 bits per heavy atom. The van der Waals surface area contributed by atoms with Crippen LogP contribution in [0, 0.1) is 19.8 Å². The molecule has 0 N–H and O–H groups in total. The lowest BCUT2D eigenvalue weighted by atomic mass is 9.90. The molecule has 1 aromatic rings. The normalized spacial score (nSPS) is 25.4. The van der Waals surface area contributed by atoms with E-state index in [0.717, 1.165) is 30.0 Å². The Labute approximate surface area is 119 Å². The second-order valence-electron chi connectivity index (χ2n) is 5.13. The van der Waals surface area contributed by atoms with Crippen LogP contribution >= 0.6 is 23.2 Å². The highest BCUT2D eigenvalue weighted by Gasteiger charge is 2.34. The molecule has 0 amide bonds. The molecule has 1 aromatic carbocycles. The highest BCUT2D eigenvalue weighted by atomic mass is 35.5. The van der Waals surface area contributed by atoms with Crippen LogP contribution in [0.2, 0.25) is 5.02 Å². The first-order chi connectivity index (χ1) is 8.54. The van der Waals surface area contributed by atoms with Crippen molar-refractivity contribution in [3.63, 3.8) is 0 Å². The van der Waals surface area contributed by atoms with Gasteiger partial charge in [0.25, 0.3) is 0 Å². The van der Waals surface area contributed by atoms with Crippen molar-refractivity contribution in [1.82, 2.24) is 0 Å². The summed E-state index contributed by atoms with van der Waals surface area (Å²) in [5.74, 6) is 0.372. The van der Waals surface area contributed by atoms with E-state index in [4.69, 9.17) is 27.9 Å². The smallest absolute Gasteiger partial charge is 0.0653 e. The van der Waals surface area contributed by atoms with Crippen LogP contribution in [-0.4, -0.2) is 12.7 Å². The van der Waals surface area contributed by atoms with Crippen molar-refractivity contribution in [2.75, 3.05) is 6.61 Å². The summed E-state index contributed by atoms with van der Waals surface area (Å²) in [5, 5.41) is 0.726. The van der Waals surface area contributed by atoms with Crippen LogP contribution in [0.1, 0.15) is 41.8 Å². The maximum atomic E-state index is 6.65. The van der Waals surface area contributed by atoms with Gasteiger partial charge in [-0.1, -0.05) is 24.6 Å². The highest BCUT2D eigenvalue weighted by Crippen LogP contribution is 2.42. The standard InChI is InChI=1S/C15H20Cl2O/c1-4-14-11(5-6-18-14)15(17)12-7-9(2)10(3)8-13(12)16/h7-8,11,14-15H,4-6H2,1-3H3. The predicted octanol–water partition coefficient (Wildman–Crippen LogP) is 5.05. The maximum absolute atomic E-state index is 6.65. The lowest BCUT2D eigenvalue weighted by Gasteiger charge is -2.23. The van der Waals surface area contributed by atoms with Gasteiger partial charge in [-0.3, -0.25) is 0 Å². The van der Waals surface area contributed by atoms with Gasteiger partial charge in [0.15, 0.2) is 0 Å². The number of ether oxygens (including phenoxy) is 1. The molecule has 0 aromatic heterocycles. The molecule has 100 valence electrons. The van der Waals surface area contributed by atoms with E-state index in [1.165, 1.54) is 11.1 Å². The zero-order valence-corrected chi connectivity index (χ0v) is 12.7. The van der Waals surface area contributed by atoms with Gasteiger partial charge in [-0.25, -0.2) is 0 Å². The van der Waals surface area contributed by atoms with Gasteiger partial charge in [0.1, 0.15) is 0 Å². The second-order valence-corrected chi connectivity index (χ2v) is 6.01. The van der Waals surface area contributed by atoms with Gasteiger partial charge < -0.3 is 4.74 Å². The van der Waals surface area contributed by atoms with E-state index in [0.29, 0.717) is 5.92 Å². The maximum Gasteiger partial charge on any atom is 0.0653 e. The zero-order chi connectivity index (χ0) is 13.3. The monoisotopic (exact) mass is 286 g/mol. The van der Waals surface area contributed by atoms with Gasteiger partial charge in [-0.2, -0.15) is 0 Å². The van der Waals surface area contributed by atoms with Crippen LogP contribution < -0.4 is 0 Å². The van der Waals surface area contributed by atoms with E-state index < -0.39 is 0 Å². The van der Waals surface area contributed by atoms with Crippen molar-refractivity contribution >= 4 is 23.2 Å². The highest BCUT2D eigenvalue weighted by molar-refractivity contribution is 6.33. The summed E-state index contributed by atoms with van der Waals surface area (Å²) < 4.78 is 5.72.